The maximum Gasteiger partial charge on any atom is 0 e. The molecule has 0 bridgehead atoms. The minimum Gasteiger partial charge on any atom is -0.249 e. The van der Waals surface area contributed by atoms with Crippen molar-refractivity contribution in [2.75, 3.05) is 0 Å². The Morgan fingerprint density at radius 1 is 0.846 bits per heavy atom. The minimum atomic E-state index is 0. The Balaban J connectivity index is -0.000000101. The van der Waals surface area contributed by atoms with E-state index >= 15 is 0 Å². The first-order chi connectivity index (χ1) is 4.20. The van der Waals surface area contributed by atoms with E-state index in [4.69, 9.17) is 0 Å². The molecule has 0 aromatic carbocycles. The van der Waals surface area contributed by atoms with Crippen molar-refractivity contribution in [1.29, 1.82) is 0 Å². The summed E-state index contributed by atoms with van der Waals surface area (Å²) >= 11 is 0. The van der Waals surface area contributed by atoms with Crippen LogP contribution in [-0.4, -0.2) is 0 Å². The van der Waals surface area contributed by atoms with Gasteiger partial charge < -0.3 is 0 Å². The van der Waals surface area contributed by atoms with Gasteiger partial charge in [-0.2, -0.15) is 5.57 Å². The quantitative estimate of drug-likeness (QED) is 0.472. The predicted octanol–water partition coefficient (Wildman–Crippen LogP) is 2.86. The van der Waals surface area contributed by atoms with Gasteiger partial charge in [0.1, 0.15) is 0 Å². The van der Waals surface area contributed by atoms with E-state index in [1.807, 2.05) is 0 Å². The predicted molar refractivity (Wildman–Crippen MR) is 40.0 cm³/mol. The second-order valence-corrected chi connectivity index (χ2v) is 2.81. The van der Waals surface area contributed by atoms with Gasteiger partial charge in [-0.1, -0.05) is 26.7 Å². The summed E-state index contributed by atoms with van der Waals surface area (Å²) < 4.78 is 0. The van der Waals surface area contributed by atoms with Crippen molar-refractivity contribution in [2.24, 2.45) is 0 Å². The van der Waals surface area contributed by atoms with Crippen LogP contribution in [0.5, 0.6) is 0 Å². The van der Waals surface area contributed by atoms with Crippen LogP contribution in [0.25, 0.3) is 0 Å². The van der Waals surface area contributed by atoms with Crippen LogP contribution in [0.3, 0.4) is 0 Å². The third kappa shape index (κ3) is 10.8. The Labute approximate surface area is 183 Å². The first-order valence-electron chi connectivity index (χ1n) is 3.46. The molecule has 0 atom stereocenters. The fourth-order valence-electron chi connectivity index (χ4n) is 1.05. The van der Waals surface area contributed by atoms with Crippen molar-refractivity contribution in [3.63, 3.8) is 0 Å². The smallest absolute Gasteiger partial charge is 0 e. The molecule has 1 aliphatic rings. The van der Waals surface area contributed by atoms with Crippen LogP contribution in [0.1, 0.15) is 33.6 Å². The number of rotatable bonds is 0. The van der Waals surface area contributed by atoms with Crippen molar-refractivity contribution in [3.05, 3.63) is 22.8 Å². The van der Waals surface area contributed by atoms with Crippen molar-refractivity contribution >= 4 is 0 Å². The van der Waals surface area contributed by atoms with Crippen molar-refractivity contribution in [2.45, 2.75) is 33.6 Å². The molecule has 0 saturated heterocycles. The van der Waals surface area contributed by atoms with Gasteiger partial charge in [0.15, 0.2) is 0 Å². The Morgan fingerprint density at radius 2 is 1.31 bits per heavy atom. The first-order valence-corrected chi connectivity index (χ1v) is 3.46. The summed E-state index contributed by atoms with van der Waals surface area (Å²) in [7, 11) is 0. The Kier molecular flexibility index (Phi) is 27.6. The van der Waals surface area contributed by atoms with Gasteiger partial charge in [0.05, 0.1) is 0 Å². The third-order valence-corrected chi connectivity index (χ3v) is 1.92. The Bertz CT molecular complexity index is 182. The van der Waals surface area contributed by atoms with Crippen LogP contribution in [0.15, 0.2) is 16.7 Å². The molecule has 0 fully saturated rings. The molecule has 0 N–H and O–H groups in total. The van der Waals surface area contributed by atoms with Crippen LogP contribution in [0, 0.1) is 6.08 Å². The van der Waals surface area contributed by atoms with E-state index in [0.29, 0.717) is 0 Å². The van der Waals surface area contributed by atoms with E-state index < -0.39 is 0 Å². The maximum absolute atomic E-state index is 3.33. The third-order valence-electron chi connectivity index (χ3n) is 1.92. The summed E-state index contributed by atoms with van der Waals surface area (Å²) in [4.78, 5) is 0. The van der Waals surface area contributed by atoms with E-state index in [-0.39, 0.29) is 131 Å². The summed E-state index contributed by atoms with van der Waals surface area (Å²) in [6.07, 6.45) is 5.78. The largest absolute Gasteiger partial charge is 0.249 e. The van der Waals surface area contributed by atoms with Crippen molar-refractivity contribution in [1.82, 2.24) is 0 Å². The Morgan fingerprint density at radius 3 is 1.62 bits per heavy atom. The SMILES string of the molecule is CC1=[C-]C(C)=C(C)CC1.[Y].[Y].[Y].[Y]. The summed E-state index contributed by atoms with van der Waals surface area (Å²) in [5, 5.41) is 0. The fourth-order valence-corrected chi connectivity index (χ4v) is 1.05. The van der Waals surface area contributed by atoms with E-state index in [2.05, 4.69) is 26.8 Å². The van der Waals surface area contributed by atoms with Crippen LogP contribution in [0.2, 0.25) is 0 Å². The molecule has 0 aromatic heterocycles. The molecule has 4 radical (unpaired) electrons. The standard InChI is InChI=1S/C9H13.4Y/c1-7-4-5-8(2)9(3)6-7;;;;/h4-5H2,1-3H3;;;;/q-1;;;;. The molecule has 0 saturated carbocycles. The normalized spacial score (nSPS) is 13.9. The maximum atomic E-state index is 3.33. The molecule has 0 aliphatic heterocycles. The molecular formula is C9H13Y4-. The number of allylic oxidation sites excluding steroid dienone is 4. The number of hydrogen-bond donors (Lipinski definition) is 0. The van der Waals surface area contributed by atoms with E-state index in [0.717, 1.165) is 0 Å². The molecule has 0 aromatic rings. The summed E-state index contributed by atoms with van der Waals surface area (Å²) in [5.41, 5.74) is 4.25. The average molecular weight is 477 g/mol. The first kappa shape index (κ1) is 25.7. The minimum absolute atomic E-state index is 0. The average Bonchev–Trinajstić information content (AvgIpc) is 1.80. The zero-order chi connectivity index (χ0) is 6.85. The molecule has 1 rings (SSSR count). The van der Waals surface area contributed by atoms with Crippen LogP contribution in [-0.2, 0) is 131 Å². The molecular weight excluding hydrogens is 464 g/mol. The van der Waals surface area contributed by atoms with Gasteiger partial charge in [-0.15, -0.1) is 6.92 Å². The second-order valence-electron chi connectivity index (χ2n) is 2.81. The summed E-state index contributed by atoms with van der Waals surface area (Å²) in [6, 6.07) is 0. The van der Waals surface area contributed by atoms with Gasteiger partial charge in [0, 0.05) is 131 Å². The molecule has 0 amide bonds. The van der Waals surface area contributed by atoms with Crippen LogP contribution >= 0.6 is 0 Å². The van der Waals surface area contributed by atoms with Crippen LogP contribution in [0.4, 0.5) is 0 Å². The van der Waals surface area contributed by atoms with Crippen molar-refractivity contribution in [3.8, 4) is 0 Å². The molecule has 0 unspecified atom stereocenters. The van der Waals surface area contributed by atoms with Crippen LogP contribution < -0.4 is 0 Å². The van der Waals surface area contributed by atoms with Gasteiger partial charge in [-0.3, -0.25) is 0 Å². The van der Waals surface area contributed by atoms with E-state index in [1.165, 1.54) is 29.6 Å². The number of hydrogen-bond acceptors (Lipinski definition) is 0. The zero-order valence-electron chi connectivity index (χ0n) is 8.72. The molecule has 4 heteroatoms. The zero-order valence-corrected chi connectivity index (χ0v) is 20.1. The van der Waals surface area contributed by atoms with E-state index in [9.17, 15) is 0 Å². The van der Waals surface area contributed by atoms with Gasteiger partial charge in [0.2, 0.25) is 0 Å². The molecule has 13 heavy (non-hydrogen) atoms. The van der Waals surface area contributed by atoms with Gasteiger partial charge in [-0.05, 0) is 0 Å². The summed E-state index contributed by atoms with van der Waals surface area (Å²) in [5.74, 6) is 0. The molecule has 0 spiro atoms. The van der Waals surface area contributed by atoms with Gasteiger partial charge >= 0.3 is 0 Å². The topological polar surface area (TPSA) is 0 Å². The fraction of sp³-hybridized carbons (Fsp3) is 0.556. The second kappa shape index (κ2) is 14.0. The molecule has 0 nitrogen and oxygen atoms in total. The summed E-state index contributed by atoms with van der Waals surface area (Å²) in [6.45, 7) is 6.47. The molecule has 0 heterocycles. The monoisotopic (exact) mass is 477 g/mol. The molecule has 1 aliphatic carbocycles. The van der Waals surface area contributed by atoms with Gasteiger partial charge in [0.25, 0.3) is 0 Å². The van der Waals surface area contributed by atoms with E-state index in [1.54, 1.807) is 0 Å². The molecule has 62 valence electrons. The van der Waals surface area contributed by atoms with Gasteiger partial charge in [-0.25, -0.2) is 17.2 Å². The van der Waals surface area contributed by atoms with Crippen molar-refractivity contribution < 1.29 is 131 Å². The Hall–Kier alpha value is 3.90.